The molecule has 22 heavy (non-hydrogen) atoms. The highest BCUT2D eigenvalue weighted by molar-refractivity contribution is 5.65. The van der Waals surface area contributed by atoms with Crippen LogP contribution in [0.2, 0.25) is 0 Å². The first-order chi connectivity index (χ1) is 10.5. The van der Waals surface area contributed by atoms with E-state index in [-0.39, 0.29) is 6.61 Å². The van der Waals surface area contributed by atoms with Crippen molar-refractivity contribution in [3.63, 3.8) is 0 Å². The van der Waals surface area contributed by atoms with Crippen molar-refractivity contribution in [3.8, 4) is 0 Å². The van der Waals surface area contributed by atoms with E-state index in [9.17, 15) is 15.0 Å². The second kappa shape index (κ2) is 7.52. The molecule has 1 heterocycles. The summed E-state index contributed by atoms with van der Waals surface area (Å²) in [6.45, 7) is -0.395. The van der Waals surface area contributed by atoms with Crippen molar-refractivity contribution in [1.29, 1.82) is 0 Å². The number of nitrogens with one attached hydrogen (secondary N) is 1. The maximum absolute atomic E-state index is 10.8. The molecule has 0 saturated carbocycles. The molecule has 0 radical (unpaired) electrons. The summed E-state index contributed by atoms with van der Waals surface area (Å²) in [7, 11) is 0. The Hall–Kier alpha value is -1.71. The van der Waals surface area contributed by atoms with Crippen LogP contribution in [-0.4, -0.2) is 63.8 Å². The molecule has 1 aromatic rings. The molecule has 8 heteroatoms. The average molecular weight is 313 g/mol. The lowest BCUT2D eigenvalue weighted by atomic mass is 9.97. The van der Waals surface area contributed by atoms with Gasteiger partial charge >= 0.3 is 6.09 Å². The maximum atomic E-state index is 10.8. The van der Waals surface area contributed by atoms with Crippen LogP contribution >= 0.6 is 0 Å². The van der Waals surface area contributed by atoms with E-state index < -0.39 is 43.3 Å². The first-order valence-corrected chi connectivity index (χ1v) is 6.80. The molecule has 1 amide bonds. The van der Waals surface area contributed by atoms with Gasteiger partial charge in [0.1, 0.15) is 24.4 Å². The Morgan fingerprint density at radius 1 is 1.23 bits per heavy atom. The Kier molecular flexibility index (Phi) is 5.69. The van der Waals surface area contributed by atoms with E-state index in [0.29, 0.717) is 0 Å². The van der Waals surface area contributed by atoms with E-state index in [0.717, 1.165) is 5.56 Å². The molecular weight excluding hydrogens is 294 g/mol. The average Bonchev–Trinajstić information content (AvgIpc) is 2.52. The fourth-order valence-corrected chi connectivity index (χ4v) is 2.27. The molecule has 1 aliphatic heterocycles. The monoisotopic (exact) mass is 313 g/mol. The number of carboxylic acid groups (broad SMARTS) is 1. The largest absolute Gasteiger partial charge is 0.465 e. The first-order valence-electron chi connectivity index (χ1n) is 6.80. The lowest BCUT2D eigenvalue weighted by Crippen LogP contribution is -2.64. The van der Waals surface area contributed by atoms with Gasteiger partial charge in [-0.05, 0) is 5.56 Å². The van der Waals surface area contributed by atoms with Crippen molar-refractivity contribution in [1.82, 2.24) is 5.32 Å². The van der Waals surface area contributed by atoms with E-state index in [1.54, 1.807) is 0 Å². The van der Waals surface area contributed by atoms with Gasteiger partial charge in [0.05, 0.1) is 13.2 Å². The second-order valence-electron chi connectivity index (χ2n) is 4.98. The molecule has 8 nitrogen and oxygen atoms in total. The molecule has 0 aromatic heterocycles. The molecule has 0 aliphatic carbocycles. The van der Waals surface area contributed by atoms with Gasteiger partial charge in [-0.2, -0.15) is 0 Å². The lowest BCUT2D eigenvalue weighted by molar-refractivity contribution is -0.272. The lowest BCUT2D eigenvalue weighted by Gasteiger charge is -2.41. The molecule has 5 N–H and O–H groups in total. The molecular formula is C14H19NO7. The Bertz CT molecular complexity index is 483. The van der Waals surface area contributed by atoms with Gasteiger partial charge in [-0.3, -0.25) is 0 Å². The van der Waals surface area contributed by atoms with E-state index >= 15 is 0 Å². The molecule has 0 bridgehead atoms. The number of rotatable bonds is 5. The van der Waals surface area contributed by atoms with Crippen molar-refractivity contribution in [2.75, 3.05) is 6.61 Å². The van der Waals surface area contributed by atoms with Crippen molar-refractivity contribution in [3.05, 3.63) is 35.9 Å². The number of hydrogen-bond acceptors (Lipinski definition) is 6. The summed E-state index contributed by atoms with van der Waals surface area (Å²) in [4.78, 5) is 10.8. The summed E-state index contributed by atoms with van der Waals surface area (Å²) in [5, 5.41) is 39.9. The van der Waals surface area contributed by atoms with Crippen LogP contribution in [0.1, 0.15) is 5.56 Å². The number of carbonyl (C=O) groups is 1. The highest BCUT2D eigenvalue weighted by Gasteiger charge is 2.45. The number of aliphatic hydroxyl groups excluding tert-OH is 3. The van der Waals surface area contributed by atoms with E-state index in [1.807, 2.05) is 30.3 Å². The minimum absolute atomic E-state index is 0.129. The van der Waals surface area contributed by atoms with Gasteiger partial charge in [-0.1, -0.05) is 30.3 Å². The molecule has 1 aliphatic rings. The summed E-state index contributed by atoms with van der Waals surface area (Å²) < 4.78 is 10.8. The molecule has 5 atom stereocenters. The summed E-state index contributed by atoms with van der Waals surface area (Å²) >= 11 is 0. The van der Waals surface area contributed by atoms with Gasteiger partial charge in [-0.25, -0.2) is 4.79 Å². The van der Waals surface area contributed by atoms with Crippen LogP contribution in [0, 0.1) is 0 Å². The molecule has 122 valence electrons. The quantitative estimate of drug-likeness (QED) is 0.485. The zero-order chi connectivity index (χ0) is 16.1. The smallest absolute Gasteiger partial charge is 0.405 e. The van der Waals surface area contributed by atoms with Gasteiger partial charge in [0.2, 0.25) is 0 Å². The van der Waals surface area contributed by atoms with Crippen molar-refractivity contribution >= 4 is 6.09 Å². The van der Waals surface area contributed by atoms with Crippen LogP contribution < -0.4 is 5.32 Å². The molecule has 0 spiro atoms. The van der Waals surface area contributed by atoms with Crippen LogP contribution in [-0.2, 0) is 16.1 Å². The third-order valence-corrected chi connectivity index (χ3v) is 3.43. The van der Waals surface area contributed by atoms with E-state index in [1.165, 1.54) is 0 Å². The van der Waals surface area contributed by atoms with Crippen molar-refractivity contribution in [2.24, 2.45) is 0 Å². The summed E-state index contributed by atoms with van der Waals surface area (Å²) in [5.41, 5.74) is 0.835. The molecule has 0 unspecified atom stereocenters. The third-order valence-electron chi connectivity index (χ3n) is 3.43. The summed E-state index contributed by atoms with van der Waals surface area (Å²) in [6.07, 6.45) is -6.44. The summed E-state index contributed by atoms with van der Waals surface area (Å²) in [6, 6.07) is 7.95. The van der Waals surface area contributed by atoms with Gasteiger partial charge in [0.15, 0.2) is 6.29 Å². The minimum Gasteiger partial charge on any atom is -0.465 e. The van der Waals surface area contributed by atoms with Crippen LogP contribution in [0.15, 0.2) is 30.3 Å². The van der Waals surface area contributed by atoms with Gasteiger partial charge in [0.25, 0.3) is 0 Å². The predicted molar refractivity (Wildman–Crippen MR) is 73.9 cm³/mol. The summed E-state index contributed by atoms with van der Waals surface area (Å²) in [5.74, 6) is 0. The SMILES string of the molecule is O=C(O)N[C@H]1[C@H](OCc2ccccc2)O[C@H](CO)[C@@H](O)[C@@H]1O. The van der Waals surface area contributed by atoms with Crippen LogP contribution in [0.3, 0.4) is 0 Å². The minimum atomic E-state index is -1.46. The number of amides is 1. The standard InChI is InChI=1S/C14H19NO7/c16-6-9-11(17)12(18)10(15-14(19)20)13(22-9)21-7-8-4-2-1-3-5-8/h1-5,9-13,15-18H,6-7H2,(H,19,20)/t9-,10-,11-,12-,13-/m1/s1. The van der Waals surface area contributed by atoms with Crippen LogP contribution in [0.25, 0.3) is 0 Å². The highest BCUT2D eigenvalue weighted by atomic mass is 16.7. The highest BCUT2D eigenvalue weighted by Crippen LogP contribution is 2.23. The Labute approximate surface area is 126 Å². The normalized spacial score (nSPS) is 31.7. The van der Waals surface area contributed by atoms with Crippen LogP contribution in [0.4, 0.5) is 4.79 Å². The van der Waals surface area contributed by atoms with Gasteiger partial charge in [0, 0.05) is 0 Å². The number of ether oxygens (including phenoxy) is 2. The Morgan fingerprint density at radius 3 is 2.50 bits per heavy atom. The molecule has 1 aromatic carbocycles. The van der Waals surface area contributed by atoms with Crippen LogP contribution in [0.5, 0.6) is 0 Å². The van der Waals surface area contributed by atoms with Gasteiger partial charge < -0.3 is 35.2 Å². The fraction of sp³-hybridized carbons (Fsp3) is 0.500. The fourth-order valence-electron chi connectivity index (χ4n) is 2.27. The maximum Gasteiger partial charge on any atom is 0.405 e. The molecule has 1 fully saturated rings. The predicted octanol–water partition coefficient (Wildman–Crippen LogP) is -0.722. The van der Waals surface area contributed by atoms with Crippen molar-refractivity contribution < 1.29 is 34.7 Å². The van der Waals surface area contributed by atoms with E-state index in [4.69, 9.17) is 19.7 Å². The topological polar surface area (TPSA) is 128 Å². The van der Waals surface area contributed by atoms with Gasteiger partial charge in [-0.15, -0.1) is 0 Å². The van der Waals surface area contributed by atoms with Crippen molar-refractivity contribution in [2.45, 2.75) is 37.3 Å². The number of hydrogen-bond donors (Lipinski definition) is 5. The van der Waals surface area contributed by atoms with E-state index in [2.05, 4.69) is 5.32 Å². The zero-order valence-electron chi connectivity index (χ0n) is 11.7. The Balaban J connectivity index is 2.07. The Morgan fingerprint density at radius 2 is 1.91 bits per heavy atom. The zero-order valence-corrected chi connectivity index (χ0v) is 11.7. The molecule has 1 saturated heterocycles. The first kappa shape index (κ1) is 16.7. The molecule has 2 rings (SSSR count). The third kappa shape index (κ3) is 3.93. The second-order valence-corrected chi connectivity index (χ2v) is 4.98. The number of benzene rings is 1. The number of aliphatic hydroxyl groups is 3.